The Morgan fingerprint density at radius 3 is 2.41 bits per heavy atom. The summed E-state index contributed by atoms with van der Waals surface area (Å²) in [4.78, 5) is 43.3. The molecule has 12 heteroatoms. The van der Waals surface area contributed by atoms with Crippen LogP contribution in [0, 0.1) is 0 Å². The van der Waals surface area contributed by atoms with E-state index in [4.69, 9.17) is 27.9 Å². The average molecular weight is 589 g/mol. The van der Waals surface area contributed by atoms with Crippen LogP contribution in [0.1, 0.15) is 22.0 Å². The van der Waals surface area contributed by atoms with Gasteiger partial charge in [0, 0.05) is 28.8 Å². The smallest absolute Gasteiger partial charge is 0.337 e. The number of carbonyl (C=O) groups excluding carboxylic acids is 2. The molecule has 3 aromatic carbocycles. The van der Waals surface area contributed by atoms with E-state index in [-0.39, 0.29) is 11.6 Å². The average Bonchev–Trinajstić information content (AvgIpc) is 3.42. The summed E-state index contributed by atoms with van der Waals surface area (Å²) in [5.41, 5.74) is 2.61. The van der Waals surface area contributed by atoms with Crippen LogP contribution in [0.25, 0.3) is 16.9 Å². The van der Waals surface area contributed by atoms with Gasteiger partial charge in [0.05, 0.1) is 36.6 Å². The van der Waals surface area contributed by atoms with Gasteiger partial charge in [0.2, 0.25) is 5.91 Å². The zero-order valence-electron chi connectivity index (χ0n) is 21.6. The predicted molar refractivity (Wildman–Crippen MR) is 154 cm³/mol. The fourth-order valence-corrected chi connectivity index (χ4v) is 4.55. The number of esters is 1. The van der Waals surface area contributed by atoms with Gasteiger partial charge >= 0.3 is 5.97 Å². The Bertz CT molecular complexity index is 1770. The number of benzene rings is 3. The van der Waals surface area contributed by atoms with Crippen molar-refractivity contribution in [2.24, 2.45) is 0 Å². The van der Waals surface area contributed by atoms with E-state index in [1.165, 1.54) is 34.9 Å². The number of amides is 1. The van der Waals surface area contributed by atoms with E-state index in [1.54, 1.807) is 42.5 Å². The molecule has 0 aliphatic carbocycles. The van der Waals surface area contributed by atoms with Gasteiger partial charge in [0.15, 0.2) is 5.15 Å². The SMILES string of the molecule is COC(=O)c1ccc(NC(=O)[C@H](Cc2ccccc2)n2cnc(-c3cc(Cl)ccc3-n3cc(Cl)nn3)cc2=O)cc1. The van der Waals surface area contributed by atoms with Gasteiger partial charge in [-0.2, -0.15) is 0 Å². The van der Waals surface area contributed by atoms with Crippen molar-refractivity contribution < 1.29 is 14.3 Å². The summed E-state index contributed by atoms with van der Waals surface area (Å²) >= 11 is 12.2. The van der Waals surface area contributed by atoms with E-state index < -0.39 is 23.5 Å². The Morgan fingerprint density at radius 2 is 1.76 bits per heavy atom. The number of halogens is 2. The minimum atomic E-state index is -0.931. The maximum absolute atomic E-state index is 13.5. The third kappa shape index (κ3) is 6.34. The van der Waals surface area contributed by atoms with E-state index >= 15 is 0 Å². The van der Waals surface area contributed by atoms with E-state index in [9.17, 15) is 14.4 Å². The number of ether oxygens (including phenoxy) is 1. The highest BCUT2D eigenvalue weighted by molar-refractivity contribution is 6.31. The topological polar surface area (TPSA) is 121 Å². The van der Waals surface area contributed by atoms with Crippen LogP contribution >= 0.6 is 23.2 Å². The Kier molecular flexibility index (Phi) is 8.23. The number of rotatable bonds is 8. The highest BCUT2D eigenvalue weighted by Crippen LogP contribution is 2.28. The summed E-state index contributed by atoms with van der Waals surface area (Å²) < 4.78 is 7.46. The van der Waals surface area contributed by atoms with E-state index in [2.05, 4.69) is 20.6 Å². The first-order valence-corrected chi connectivity index (χ1v) is 13.1. The van der Waals surface area contributed by atoms with Crippen LogP contribution < -0.4 is 10.9 Å². The van der Waals surface area contributed by atoms with E-state index in [0.717, 1.165) is 5.56 Å². The molecule has 1 atom stereocenters. The standard InChI is InChI=1S/C29H22Cl2N6O4/c1-41-29(40)19-7-10-21(11-8-19)33-28(39)25(13-18-5-3-2-4-6-18)36-17-32-23(15-27(36)38)22-14-20(30)9-12-24(22)37-16-26(31)34-35-37/h2-12,14-17,25H,13H2,1H3,(H,33,39)/t25-/m0/s1. The summed E-state index contributed by atoms with van der Waals surface area (Å²) in [5.74, 6) is -0.922. The minimum Gasteiger partial charge on any atom is -0.465 e. The maximum Gasteiger partial charge on any atom is 0.337 e. The van der Waals surface area contributed by atoms with Crippen LogP contribution in [-0.2, 0) is 16.0 Å². The predicted octanol–water partition coefficient (Wildman–Crippen LogP) is 5.01. The number of nitrogens with one attached hydrogen (secondary N) is 1. The molecule has 2 heterocycles. The molecule has 1 N–H and O–H groups in total. The zero-order chi connectivity index (χ0) is 28.9. The van der Waals surface area contributed by atoms with Crippen molar-refractivity contribution >= 4 is 40.8 Å². The molecule has 5 rings (SSSR count). The molecule has 10 nitrogen and oxygen atoms in total. The molecule has 206 valence electrons. The lowest BCUT2D eigenvalue weighted by molar-refractivity contribution is -0.119. The highest BCUT2D eigenvalue weighted by atomic mass is 35.5. The zero-order valence-corrected chi connectivity index (χ0v) is 23.1. The molecule has 0 aliphatic heterocycles. The number of hydrogen-bond acceptors (Lipinski definition) is 7. The fraction of sp³-hybridized carbons (Fsp3) is 0.103. The van der Waals surface area contributed by atoms with Crippen LogP contribution in [0.2, 0.25) is 10.2 Å². The molecular weight excluding hydrogens is 567 g/mol. The second-order valence-electron chi connectivity index (χ2n) is 8.93. The first-order chi connectivity index (χ1) is 19.8. The molecule has 0 saturated carbocycles. The number of nitrogens with zero attached hydrogens (tertiary/aromatic N) is 5. The van der Waals surface area contributed by atoms with Gasteiger partial charge in [-0.3, -0.25) is 14.2 Å². The maximum atomic E-state index is 13.5. The van der Waals surface area contributed by atoms with Gasteiger partial charge in [0.25, 0.3) is 5.56 Å². The third-order valence-electron chi connectivity index (χ3n) is 6.27. The molecule has 5 aromatic rings. The third-order valence-corrected chi connectivity index (χ3v) is 6.67. The fourth-order valence-electron chi connectivity index (χ4n) is 4.25. The number of hydrogen-bond donors (Lipinski definition) is 1. The number of aromatic nitrogens is 5. The lowest BCUT2D eigenvalue weighted by Gasteiger charge is -2.20. The molecule has 0 bridgehead atoms. The van der Waals surface area contributed by atoms with Crippen molar-refractivity contribution in [2.75, 3.05) is 12.4 Å². The Morgan fingerprint density at radius 1 is 1.00 bits per heavy atom. The molecule has 0 saturated heterocycles. The van der Waals surface area contributed by atoms with E-state index in [0.29, 0.717) is 33.2 Å². The van der Waals surface area contributed by atoms with Gasteiger partial charge in [-0.25, -0.2) is 14.5 Å². The Hall–Kier alpha value is -4.80. The molecule has 0 spiro atoms. The molecule has 2 aromatic heterocycles. The number of anilines is 1. The molecule has 41 heavy (non-hydrogen) atoms. The molecule has 0 radical (unpaired) electrons. The van der Waals surface area contributed by atoms with Crippen molar-refractivity contribution in [1.29, 1.82) is 0 Å². The largest absolute Gasteiger partial charge is 0.465 e. The van der Waals surface area contributed by atoms with Crippen molar-refractivity contribution in [3.05, 3.63) is 123 Å². The lowest BCUT2D eigenvalue weighted by Crippen LogP contribution is -2.34. The highest BCUT2D eigenvalue weighted by Gasteiger charge is 2.24. The monoisotopic (exact) mass is 588 g/mol. The summed E-state index contributed by atoms with van der Waals surface area (Å²) in [6.45, 7) is 0. The van der Waals surface area contributed by atoms with E-state index in [1.807, 2.05) is 30.3 Å². The van der Waals surface area contributed by atoms with Crippen molar-refractivity contribution in [1.82, 2.24) is 24.5 Å². The summed E-state index contributed by atoms with van der Waals surface area (Å²) in [6, 6.07) is 21.1. The number of methoxy groups -OCH3 is 1. The van der Waals surface area contributed by atoms with Crippen LogP contribution in [0.5, 0.6) is 0 Å². The molecule has 0 aliphatic rings. The van der Waals surface area contributed by atoms with Gasteiger partial charge in [-0.1, -0.05) is 58.7 Å². The molecule has 1 amide bonds. The van der Waals surface area contributed by atoms with Crippen molar-refractivity contribution in [3.8, 4) is 16.9 Å². The van der Waals surface area contributed by atoms with Gasteiger partial charge in [-0.15, -0.1) is 5.10 Å². The van der Waals surface area contributed by atoms with Gasteiger partial charge < -0.3 is 10.1 Å². The van der Waals surface area contributed by atoms with Crippen LogP contribution in [0.3, 0.4) is 0 Å². The summed E-state index contributed by atoms with van der Waals surface area (Å²) in [7, 11) is 1.29. The van der Waals surface area contributed by atoms with Crippen LogP contribution in [-0.4, -0.2) is 43.5 Å². The van der Waals surface area contributed by atoms with Crippen LogP contribution in [0.4, 0.5) is 5.69 Å². The van der Waals surface area contributed by atoms with Crippen LogP contribution in [0.15, 0.2) is 96.2 Å². The normalized spacial score (nSPS) is 11.6. The minimum absolute atomic E-state index is 0.198. The van der Waals surface area contributed by atoms with Gasteiger partial charge in [-0.05, 0) is 48.0 Å². The first-order valence-electron chi connectivity index (χ1n) is 12.3. The molecular formula is C29H22Cl2N6O4. The second kappa shape index (κ2) is 12.2. The lowest BCUT2D eigenvalue weighted by atomic mass is 10.0. The summed E-state index contributed by atoms with van der Waals surface area (Å²) in [6.07, 6.45) is 3.09. The Balaban J connectivity index is 1.49. The Labute approximate surface area is 244 Å². The number of carbonyl (C=O) groups is 2. The first kappa shape index (κ1) is 27.8. The molecule has 0 fully saturated rings. The van der Waals surface area contributed by atoms with Gasteiger partial charge in [0.1, 0.15) is 6.04 Å². The second-order valence-corrected chi connectivity index (χ2v) is 9.75. The van der Waals surface area contributed by atoms with Crippen molar-refractivity contribution in [3.63, 3.8) is 0 Å². The van der Waals surface area contributed by atoms with Crippen molar-refractivity contribution in [2.45, 2.75) is 12.5 Å². The molecule has 0 unspecified atom stereocenters. The quantitative estimate of drug-likeness (QED) is 0.253. The summed E-state index contributed by atoms with van der Waals surface area (Å²) in [5, 5.41) is 11.3.